The van der Waals surface area contributed by atoms with Crippen LogP contribution in [0.5, 0.6) is 0 Å². The summed E-state index contributed by atoms with van der Waals surface area (Å²) >= 11 is 0. The number of carbonyl (C=O) groups is 2. The van der Waals surface area contributed by atoms with Gasteiger partial charge in [-0.3, -0.25) is 4.79 Å². The number of hydrogen-bond acceptors (Lipinski definition) is 3. The number of benzene rings is 1. The van der Waals surface area contributed by atoms with Gasteiger partial charge < -0.3 is 20.8 Å². The lowest BCUT2D eigenvalue weighted by Crippen LogP contribution is -2.19. The predicted octanol–water partition coefficient (Wildman–Crippen LogP) is 2.02. The zero-order valence-electron chi connectivity index (χ0n) is 9.34. The number of nitrogens with two attached hydrogens (primary N) is 1. The van der Waals surface area contributed by atoms with Gasteiger partial charge in [-0.2, -0.15) is 0 Å². The van der Waals surface area contributed by atoms with E-state index in [0.717, 1.165) is 0 Å². The molecule has 2 rings (SSSR count). The third kappa shape index (κ3) is 2.88. The Balaban J connectivity index is 2.10. The van der Waals surface area contributed by atoms with Gasteiger partial charge in [-0.1, -0.05) is 6.07 Å². The zero-order valence-corrected chi connectivity index (χ0v) is 9.34. The molecule has 0 saturated heterocycles. The maximum atomic E-state index is 11.7. The van der Waals surface area contributed by atoms with E-state index in [0.29, 0.717) is 11.4 Å². The van der Waals surface area contributed by atoms with Gasteiger partial charge in [0.05, 0.1) is 6.26 Å². The number of furan rings is 1. The molecule has 1 heterocycles. The molecular weight excluding hydrogens is 234 g/mol. The molecule has 1 aromatic carbocycles. The van der Waals surface area contributed by atoms with Crippen molar-refractivity contribution >= 4 is 23.3 Å². The van der Waals surface area contributed by atoms with E-state index in [1.165, 1.54) is 6.26 Å². The highest BCUT2D eigenvalue weighted by Crippen LogP contribution is 2.16. The Morgan fingerprint density at radius 2 is 1.78 bits per heavy atom. The van der Waals surface area contributed by atoms with Gasteiger partial charge in [0, 0.05) is 11.4 Å². The topological polar surface area (TPSA) is 97.4 Å². The van der Waals surface area contributed by atoms with Crippen LogP contribution < -0.4 is 16.4 Å². The molecule has 1 aromatic heterocycles. The van der Waals surface area contributed by atoms with E-state index in [1.54, 1.807) is 36.4 Å². The molecule has 6 nitrogen and oxygen atoms in total. The largest absolute Gasteiger partial charge is 0.459 e. The molecule has 0 atom stereocenters. The second kappa shape index (κ2) is 5.05. The fraction of sp³-hybridized carbons (Fsp3) is 0. The predicted molar refractivity (Wildman–Crippen MR) is 66.3 cm³/mol. The number of rotatable bonds is 3. The lowest BCUT2D eigenvalue weighted by atomic mass is 10.2. The van der Waals surface area contributed by atoms with Crippen molar-refractivity contribution in [2.24, 2.45) is 5.73 Å². The SMILES string of the molecule is NC(=O)Nc1cccc(NC(=O)c2ccco2)c1. The Morgan fingerprint density at radius 1 is 1.06 bits per heavy atom. The van der Waals surface area contributed by atoms with Crippen LogP contribution in [0.3, 0.4) is 0 Å². The molecule has 2 aromatic rings. The molecule has 0 unspecified atom stereocenters. The van der Waals surface area contributed by atoms with Gasteiger partial charge in [-0.25, -0.2) is 4.79 Å². The van der Waals surface area contributed by atoms with Crippen LogP contribution in [0.2, 0.25) is 0 Å². The number of nitrogens with one attached hydrogen (secondary N) is 2. The fourth-order valence-corrected chi connectivity index (χ4v) is 1.42. The molecule has 0 radical (unpaired) electrons. The van der Waals surface area contributed by atoms with E-state index >= 15 is 0 Å². The van der Waals surface area contributed by atoms with Crippen molar-refractivity contribution in [3.05, 3.63) is 48.4 Å². The maximum absolute atomic E-state index is 11.7. The molecule has 6 heteroatoms. The van der Waals surface area contributed by atoms with Gasteiger partial charge in [0.2, 0.25) is 0 Å². The number of amides is 3. The molecule has 0 aliphatic rings. The van der Waals surface area contributed by atoms with Crippen LogP contribution in [-0.4, -0.2) is 11.9 Å². The molecule has 92 valence electrons. The molecule has 0 spiro atoms. The van der Waals surface area contributed by atoms with Gasteiger partial charge in [0.1, 0.15) is 0 Å². The lowest BCUT2D eigenvalue weighted by Gasteiger charge is -2.06. The van der Waals surface area contributed by atoms with Crippen molar-refractivity contribution in [3.8, 4) is 0 Å². The Kier molecular flexibility index (Phi) is 3.29. The highest BCUT2D eigenvalue weighted by molar-refractivity contribution is 6.02. The minimum absolute atomic E-state index is 0.211. The van der Waals surface area contributed by atoms with Gasteiger partial charge >= 0.3 is 6.03 Å². The van der Waals surface area contributed by atoms with Crippen molar-refractivity contribution in [1.82, 2.24) is 0 Å². The van der Waals surface area contributed by atoms with Gasteiger partial charge in [0.15, 0.2) is 5.76 Å². The van der Waals surface area contributed by atoms with Crippen molar-refractivity contribution in [2.75, 3.05) is 10.6 Å². The van der Waals surface area contributed by atoms with Crippen molar-refractivity contribution in [3.63, 3.8) is 0 Å². The van der Waals surface area contributed by atoms with Crippen LogP contribution in [-0.2, 0) is 0 Å². The lowest BCUT2D eigenvalue weighted by molar-refractivity contribution is 0.0996. The summed E-state index contributed by atoms with van der Waals surface area (Å²) in [6.45, 7) is 0. The number of hydrogen-bond donors (Lipinski definition) is 3. The first-order valence-electron chi connectivity index (χ1n) is 5.16. The summed E-state index contributed by atoms with van der Waals surface area (Å²) in [6, 6.07) is 9.14. The molecule has 4 N–H and O–H groups in total. The van der Waals surface area contributed by atoms with E-state index in [9.17, 15) is 9.59 Å². The number of anilines is 2. The summed E-state index contributed by atoms with van der Waals surface area (Å²) in [7, 11) is 0. The van der Waals surface area contributed by atoms with Crippen LogP contribution in [0, 0.1) is 0 Å². The van der Waals surface area contributed by atoms with Crippen molar-refractivity contribution < 1.29 is 14.0 Å². The smallest absolute Gasteiger partial charge is 0.316 e. The summed E-state index contributed by atoms with van der Waals surface area (Å²) in [5.41, 5.74) is 6.03. The summed E-state index contributed by atoms with van der Waals surface area (Å²) in [5.74, 6) is -0.153. The Morgan fingerprint density at radius 3 is 2.39 bits per heavy atom. The minimum atomic E-state index is -0.662. The Bertz CT molecular complexity index is 564. The Labute approximate surface area is 103 Å². The molecule has 0 saturated carbocycles. The quantitative estimate of drug-likeness (QED) is 0.771. The molecule has 0 aliphatic carbocycles. The first kappa shape index (κ1) is 11.7. The highest BCUT2D eigenvalue weighted by Gasteiger charge is 2.08. The first-order valence-corrected chi connectivity index (χ1v) is 5.16. The monoisotopic (exact) mass is 245 g/mol. The van der Waals surface area contributed by atoms with Crippen molar-refractivity contribution in [2.45, 2.75) is 0 Å². The fourth-order valence-electron chi connectivity index (χ4n) is 1.42. The van der Waals surface area contributed by atoms with Gasteiger partial charge in [-0.15, -0.1) is 0 Å². The molecule has 0 fully saturated rings. The van der Waals surface area contributed by atoms with E-state index in [-0.39, 0.29) is 11.7 Å². The summed E-state index contributed by atoms with van der Waals surface area (Å²) in [5, 5.41) is 5.05. The van der Waals surface area contributed by atoms with E-state index in [1.807, 2.05) is 0 Å². The zero-order chi connectivity index (χ0) is 13.0. The van der Waals surface area contributed by atoms with Crippen LogP contribution in [0.25, 0.3) is 0 Å². The molecule has 0 aliphatic heterocycles. The van der Waals surface area contributed by atoms with E-state index < -0.39 is 6.03 Å². The van der Waals surface area contributed by atoms with Crippen LogP contribution in [0.15, 0.2) is 47.1 Å². The van der Waals surface area contributed by atoms with E-state index in [4.69, 9.17) is 10.2 Å². The minimum Gasteiger partial charge on any atom is -0.459 e. The van der Waals surface area contributed by atoms with Crippen molar-refractivity contribution in [1.29, 1.82) is 0 Å². The van der Waals surface area contributed by atoms with Crippen LogP contribution in [0.4, 0.5) is 16.2 Å². The summed E-state index contributed by atoms with van der Waals surface area (Å²) < 4.78 is 4.96. The van der Waals surface area contributed by atoms with Gasteiger partial charge in [-0.05, 0) is 30.3 Å². The van der Waals surface area contributed by atoms with Crippen LogP contribution >= 0.6 is 0 Å². The second-order valence-electron chi connectivity index (χ2n) is 3.50. The summed E-state index contributed by atoms with van der Waals surface area (Å²) in [6.07, 6.45) is 1.42. The number of primary amides is 1. The summed E-state index contributed by atoms with van der Waals surface area (Å²) in [4.78, 5) is 22.4. The average molecular weight is 245 g/mol. The Hall–Kier alpha value is -2.76. The molecule has 0 bridgehead atoms. The number of urea groups is 1. The highest BCUT2D eigenvalue weighted by atomic mass is 16.3. The third-order valence-corrected chi connectivity index (χ3v) is 2.13. The van der Waals surface area contributed by atoms with Crippen LogP contribution in [0.1, 0.15) is 10.6 Å². The standard InChI is InChI=1S/C12H11N3O3/c13-12(17)15-9-4-1-3-8(7-9)14-11(16)10-5-2-6-18-10/h1-7H,(H,14,16)(H3,13,15,17). The normalized spacial score (nSPS) is 9.78. The first-order chi connectivity index (χ1) is 8.65. The molecular formula is C12H11N3O3. The van der Waals surface area contributed by atoms with Gasteiger partial charge in [0.25, 0.3) is 5.91 Å². The second-order valence-corrected chi connectivity index (χ2v) is 3.50. The average Bonchev–Trinajstić information content (AvgIpc) is 2.81. The molecule has 18 heavy (non-hydrogen) atoms. The third-order valence-electron chi connectivity index (χ3n) is 2.13. The number of carbonyl (C=O) groups excluding carboxylic acids is 2. The maximum Gasteiger partial charge on any atom is 0.316 e. The molecule has 3 amide bonds. The van der Waals surface area contributed by atoms with E-state index in [2.05, 4.69) is 10.6 Å².